The van der Waals surface area contributed by atoms with Crippen LogP contribution in [0.15, 0.2) is 12.1 Å². The second-order valence-corrected chi connectivity index (χ2v) is 6.59. The molecular formula is C17H28F2N2. The third-order valence-corrected chi connectivity index (χ3v) is 3.74. The zero-order valence-electron chi connectivity index (χ0n) is 14.1. The fraction of sp³-hybridized carbons (Fsp3) is 0.647. The molecule has 1 rings (SSSR count). The van der Waals surface area contributed by atoms with Crippen LogP contribution in [0.3, 0.4) is 0 Å². The maximum absolute atomic E-state index is 14.3. The third kappa shape index (κ3) is 4.95. The predicted octanol–water partition coefficient (Wildman–Crippen LogP) is 4.48. The Hall–Kier alpha value is -1.16. The molecule has 0 saturated carbocycles. The first-order chi connectivity index (χ1) is 9.69. The quantitative estimate of drug-likeness (QED) is 0.833. The van der Waals surface area contributed by atoms with Gasteiger partial charge in [-0.15, -0.1) is 0 Å². The lowest BCUT2D eigenvalue weighted by molar-refractivity contribution is 0.422. The van der Waals surface area contributed by atoms with Gasteiger partial charge in [0.2, 0.25) is 0 Å². The van der Waals surface area contributed by atoms with E-state index < -0.39 is 11.6 Å². The highest BCUT2D eigenvalue weighted by molar-refractivity contribution is 5.51. The minimum Gasteiger partial charge on any atom is -0.367 e. The van der Waals surface area contributed by atoms with Crippen molar-refractivity contribution in [2.24, 2.45) is 0 Å². The summed E-state index contributed by atoms with van der Waals surface area (Å²) in [5.41, 5.74) is 0.614. The highest BCUT2D eigenvalue weighted by Crippen LogP contribution is 2.27. The van der Waals surface area contributed by atoms with Crippen LogP contribution < -0.4 is 10.2 Å². The average molecular weight is 298 g/mol. The van der Waals surface area contributed by atoms with Crippen LogP contribution in [0.2, 0.25) is 0 Å². The molecule has 21 heavy (non-hydrogen) atoms. The zero-order chi connectivity index (χ0) is 16.2. The van der Waals surface area contributed by atoms with Gasteiger partial charge in [0.05, 0.1) is 0 Å². The molecule has 0 aliphatic carbocycles. The summed E-state index contributed by atoms with van der Waals surface area (Å²) < 4.78 is 28.6. The molecule has 0 radical (unpaired) electrons. The predicted molar refractivity (Wildman–Crippen MR) is 85.7 cm³/mol. The minimum atomic E-state index is -0.491. The van der Waals surface area contributed by atoms with Crippen molar-refractivity contribution in [2.75, 3.05) is 11.9 Å². The number of hydrogen-bond acceptors (Lipinski definition) is 2. The second-order valence-electron chi connectivity index (χ2n) is 6.59. The Morgan fingerprint density at radius 1 is 1.10 bits per heavy atom. The Bertz CT molecular complexity index is 439. The van der Waals surface area contributed by atoms with Gasteiger partial charge in [-0.3, -0.25) is 0 Å². The third-order valence-electron chi connectivity index (χ3n) is 3.74. The monoisotopic (exact) mass is 298 g/mol. The zero-order valence-corrected chi connectivity index (χ0v) is 14.1. The summed E-state index contributed by atoms with van der Waals surface area (Å²) in [6.07, 6.45) is 1.72. The lowest BCUT2D eigenvalue weighted by atomic mass is 10.1. The molecular weight excluding hydrogens is 270 g/mol. The summed E-state index contributed by atoms with van der Waals surface area (Å²) in [5, 5.41) is 3.24. The summed E-state index contributed by atoms with van der Waals surface area (Å²) in [6, 6.07) is 3.00. The topological polar surface area (TPSA) is 15.3 Å². The van der Waals surface area contributed by atoms with Crippen molar-refractivity contribution >= 4 is 5.69 Å². The van der Waals surface area contributed by atoms with Gasteiger partial charge >= 0.3 is 0 Å². The standard InChI is InChI=1S/C17H28F2N2/c1-7-13(8-2)21(6)16-14(18)9-12(10-15(16)19)11-20-17(3,4)5/h9-10,13,20H,7-8,11H2,1-6H3. The summed E-state index contributed by atoms with van der Waals surface area (Å²) in [7, 11) is 1.76. The fourth-order valence-electron chi connectivity index (χ4n) is 2.44. The van der Waals surface area contributed by atoms with Crippen LogP contribution >= 0.6 is 0 Å². The maximum atomic E-state index is 14.3. The van der Waals surface area contributed by atoms with Gasteiger partial charge in [0.15, 0.2) is 0 Å². The lowest BCUT2D eigenvalue weighted by Crippen LogP contribution is -2.35. The SMILES string of the molecule is CCC(CC)N(C)c1c(F)cc(CNC(C)(C)C)cc1F. The van der Waals surface area contributed by atoms with E-state index in [0.717, 1.165) is 12.8 Å². The van der Waals surface area contributed by atoms with Crippen LogP contribution in [0.25, 0.3) is 0 Å². The van der Waals surface area contributed by atoms with E-state index in [-0.39, 0.29) is 17.3 Å². The first-order valence-electron chi connectivity index (χ1n) is 7.65. The Morgan fingerprint density at radius 3 is 1.95 bits per heavy atom. The van der Waals surface area contributed by atoms with E-state index in [4.69, 9.17) is 0 Å². The molecule has 0 unspecified atom stereocenters. The van der Waals surface area contributed by atoms with Crippen molar-refractivity contribution in [3.8, 4) is 0 Å². The van der Waals surface area contributed by atoms with Gasteiger partial charge < -0.3 is 10.2 Å². The highest BCUT2D eigenvalue weighted by atomic mass is 19.1. The molecule has 0 spiro atoms. The van der Waals surface area contributed by atoms with Crippen LogP contribution in [0.4, 0.5) is 14.5 Å². The number of nitrogens with zero attached hydrogens (tertiary/aromatic N) is 1. The first-order valence-corrected chi connectivity index (χ1v) is 7.65. The van der Waals surface area contributed by atoms with E-state index in [9.17, 15) is 8.78 Å². The minimum absolute atomic E-state index is 0.0724. The van der Waals surface area contributed by atoms with Gasteiger partial charge in [-0.2, -0.15) is 0 Å². The van der Waals surface area contributed by atoms with E-state index in [1.807, 2.05) is 34.6 Å². The second kappa shape index (κ2) is 7.21. The molecule has 0 fully saturated rings. The molecule has 0 aliphatic heterocycles. The average Bonchev–Trinajstić information content (AvgIpc) is 2.36. The molecule has 0 aliphatic rings. The van der Waals surface area contributed by atoms with Crippen LogP contribution in [-0.2, 0) is 6.54 Å². The number of hydrogen-bond donors (Lipinski definition) is 1. The molecule has 2 nitrogen and oxygen atoms in total. The Morgan fingerprint density at radius 2 is 1.57 bits per heavy atom. The largest absolute Gasteiger partial charge is 0.367 e. The van der Waals surface area contributed by atoms with Crippen LogP contribution in [0.1, 0.15) is 53.0 Å². The van der Waals surface area contributed by atoms with Gasteiger partial charge in [0.25, 0.3) is 0 Å². The number of rotatable bonds is 6. The van der Waals surface area contributed by atoms with Crippen LogP contribution in [0.5, 0.6) is 0 Å². The van der Waals surface area contributed by atoms with E-state index in [2.05, 4.69) is 5.32 Å². The molecule has 120 valence electrons. The molecule has 4 heteroatoms. The summed E-state index contributed by atoms with van der Waals surface area (Å²) in [5.74, 6) is -0.981. The van der Waals surface area contributed by atoms with Crippen molar-refractivity contribution in [1.29, 1.82) is 0 Å². The molecule has 0 aromatic heterocycles. The fourth-order valence-corrected chi connectivity index (χ4v) is 2.44. The summed E-state index contributed by atoms with van der Waals surface area (Å²) in [6.45, 7) is 10.6. The Kier molecular flexibility index (Phi) is 6.14. The molecule has 0 saturated heterocycles. The summed E-state index contributed by atoms with van der Waals surface area (Å²) >= 11 is 0. The maximum Gasteiger partial charge on any atom is 0.149 e. The highest BCUT2D eigenvalue weighted by Gasteiger charge is 2.20. The molecule has 0 bridgehead atoms. The smallest absolute Gasteiger partial charge is 0.149 e. The van der Waals surface area contributed by atoms with Crippen LogP contribution in [-0.4, -0.2) is 18.6 Å². The number of anilines is 1. The Labute approximate surface area is 127 Å². The molecule has 1 aromatic carbocycles. The number of benzene rings is 1. The van der Waals surface area contributed by atoms with Gasteiger partial charge in [0.1, 0.15) is 17.3 Å². The van der Waals surface area contributed by atoms with E-state index in [1.54, 1.807) is 11.9 Å². The normalized spacial score (nSPS) is 12.0. The molecule has 0 atom stereocenters. The van der Waals surface area contributed by atoms with Crippen molar-refractivity contribution in [2.45, 2.75) is 65.6 Å². The van der Waals surface area contributed by atoms with Crippen molar-refractivity contribution in [3.05, 3.63) is 29.3 Å². The van der Waals surface area contributed by atoms with Gasteiger partial charge in [-0.25, -0.2) is 8.78 Å². The van der Waals surface area contributed by atoms with Crippen molar-refractivity contribution in [3.63, 3.8) is 0 Å². The van der Waals surface area contributed by atoms with Gasteiger partial charge in [-0.1, -0.05) is 13.8 Å². The van der Waals surface area contributed by atoms with E-state index in [0.29, 0.717) is 12.1 Å². The molecule has 0 heterocycles. The summed E-state index contributed by atoms with van der Waals surface area (Å²) in [4.78, 5) is 1.71. The molecule has 1 N–H and O–H groups in total. The van der Waals surface area contributed by atoms with E-state index in [1.165, 1.54) is 12.1 Å². The van der Waals surface area contributed by atoms with Gasteiger partial charge in [0, 0.05) is 25.2 Å². The first kappa shape index (κ1) is 17.9. The van der Waals surface area contributed by atoms with Crippen LogP contribution in [0, 0.1) is 11.6 Å². The van der Waals surface area contributed by atoms with Crippen molar-refractivity contribution < 1.29 is 8.78 Å². The number of nitrogens with one attached hydrogen (secondary N) is 1. The lowest BCUT2D eigenvalue weighted by Gasteiger charge is -2.29. The van der Waals surface area contributed by atoms with Crippen molar-refractivity contribution in [1.82, 2.24) is 5.32 Å². The van der Waals surface area contributed by atoms with E-state index >= 15 is 0 Å². The molecule has 0 amide bonds. The number of halogens is 2. The Balaban J connectivity index is 2.99. The van der Waals surface area contributed by atoms with Gasteiger partial charge in [-0.05, 0) is 51.3 Å². The molecule has 1 aromatic rings.